The van der Waals surface area contributed by atoms with Crippen molar-refractivity contribution < 1.29 is 23.1 Å². The molecule has 0 saturated heterocycles. The van der Waals surface area contributed by atoms with Gasteiger partial charge in [-0.2, -0.15) is 13.2 Å². The summed E-state index contributed by atoms with van der Waals surface area (Å²) in [6.45, 7) is 0.102. The zero-order valence-corrected chi connectivity index (χ0v) is 16.4. The maximum atomic E-state index is 13.1. The Balaban J connectivity index is 1.67. The minimum Gasteiger partial charge on any atom is -0.394 e. The van der Waals surface area contributed by atoms with Crippen LogP contribution in [-0.2, 0) is 12.7 Å². The van der Waals surface area contributed by atoms with Crippen molar-refractivity contribution >= 4 is 16.8 Å². The second-order valence-corrected chi connectivity index (χ2v) is 7.99. The van der Waals surface area contributed by atoms with Crippen molar-refractivity contribution in [3.05, 3.63) is 71.4 Å². The maximum Gasteiger partial charge on any atom is 0.416 e. The van der Waals surface area contributed by atoms with Crippen LogP contribution >= 0.6 is 0 Å². The van der Waals surface area contributed by atoms with Crippen molar-refractivity contribution in [3.8, 4) is 0 Å². The summed E-state index contributed by atoms with van der Waals surface area (Å²) in [7, 11) is 0. The Bertz CT molecular complexity index is 1070. The molecular formula is C23H23F3N2O2. The number of para-hydroxylation sites is 1. The third kappa shape index (κ3) is 3.94. The van der Waals surface area contributed by atoms with Crippen LogP contribution in [0.2, 0.25) is 0 Å². The van der Waals surface area contributed by atoms with Crippen LogP contribution in [0.4, 0.5) is 13.2 Å². The van der Waals surface area contributed by atoms with Crippen molar-refractivity contribution in [1.29, 1.82) is 0 Å². The Morgan fingerprint density at radius 2 is 1.83 bits per heavy atom. The Morgan fingerprint density at radius 1 is 1.10 bits per heavy atom. The zero-order valence-electron chi connectivity index (χ0n) is 16.4. The van der Waals surface area contributed by atoms with Crippen LogP contribution in [0.15, 0.2) is 54.7 Å². The molecule has 0 spiro atoms. The van der Waals surface area contributed by atoms with Gasteiger partial charge in [0.05, 0.1) is 23.3 Å². The predicted molar refractivity (Wildman–Crippen MR) is 108 cm³/mol. The van der Waals surface area contributed by atoms with E-state index in [1.807, 2.05) is 24.3 Å². The molecule has 158 valence electrons. The lowest BCUT2D eigenvalue weighted by atomic mass is 9.98. The lowest BCUT2D eigenvalue weighted by Gasteiger charge is -2.27. The molecule has 30 heavy (non-hydrogen) atoms. The molecule has 4 nitrogen and oxygen atoms in total. The highest BCUT2D eigenvalue weighted by molar-refractivity contribution is 6.07. The monoisotopic (exact) mass is 416 g/mol. The fourth-order valence-electron chi connectivity index (χ4n) is 4.28. The number of nitrogens with zero attached hydrogens (tertiary/aromatic N) is 1. The Kier molecular flexibility index (Phi) is 5.32. The molecule has 0 bridgehead atoms. The minimum atomic E-state index is -4.40. The molecular weight excluding hydrogens is 393 g/mol. The number of carbonyl (C=O) groups excluding carboxylic acids is 1. The number of aliphatic hydroxyl groups is 1. The molecule has 0 unspecified atom stereocenters. The molecule has 1 aromatic heterocycles. The number of alkyl halides is 3. The van der Waals surface area contributed by atoms with Gasteiger partial charge >= 0.3 is 6.18 Å². The third-order valence-corrected chi connectivity index (χ3v) is 5.88. The van der Waals surface area contributed by atoms with E-state index in [1.165, 1.54) is 6.07 Å². The van der Waals surface area contributed by atoms with Crippen LogP contribution in [0.1, 0.15) is 47.2 Å². The second-order valence-electron chi connectivity index (χ2n) is 7.99. The third-order valence-electron chi connectivity index (χ3n) is 5.88. The smallest absolute Gasteiger partial charge is 0.394 e. The topological polar surface area (TPSA) is 54.3 Å². The first kappa shape index (κ1) is 20.5. The number of carbonyl (C=O) groups is 1. The number of aromatic nitrogens is 1. The molecule has 1 aliphatic rings. The van der Waals surface area contributed by atoms with E-state index in [0.717, 1.165) is 48.7 Å². The molecule has 1 amide bonds. The van der Waals surface area contributed by atoms with Gasteiger partial charge in [-0.1, -0.05) is 43.2 Å². The molecule has 2 aromatic carbocycles. The first-order valence-corrected chi connectivity index (χ1v) is 9.99. The number of aliphatic hydroxyl groups excluding tert-OH is 1. The van der Waals surface area contributed by atoms with Crippen molar-refractivity contribution in [2.45, 2.75) is 43.9 Å². The number of benzene rings is 2. The Labute approximate surface area is 172 Å². The summed E-state index contributed by atoms with van der Waals surface area (Å²) < 4.78 is 41.0. The fourth-order valence-corrected chi connectivity index (χ4v) is 4.28. The normalized spacial score (nSPS) is 16.1. The molecule has 1 saturated carbocycles. The number of halogens is 3. The number of hydrogen-bond acceptors (Lipinski definition) is 2. The second kappa shape index (κ2) is 7.80. The molecule has 1 fully saturated rings. The highest BCUT2D eigenvalue weighted by atomic mass is 19.4. The van der Waals surface area contributed by atoms with Crippen LogP contribution in [0, 0.1) is 0 Å². The average molecular weight is 416 g/mol. The molecule has 7 heteroatoms. The summed E-state index contributed by atoms with van der Waals surface area (Å²) in [6.07, 6.45) is 0.659. The SMILES string of the molecule is O=C(NC1(CO)CCCC1)c1cn(Cc2cccc(C(F)(F)F)c2)c2ccccc12. The Hall–Kier alpha value is -2.80. The number of rotatable bonds is 5. The number of hydrogen-bond donors (Lipinski definition) is 2. The van der Waals surface area contributed by atoms with Gasteiger partial charge in [0, 0.05) is 23.6 Å². The van der Waals surface area contributed by atoms with Crippen LogP contribution in [0.25, 0.3) is 10.9 Å². The van der Waals surface area contributed by atoms with Crippen LogP contribution < -0.4 is 5.32 Å². The van der Waals surface area contributed by atoms with E-state index in [9.17, 15) is 23.1 Å². The van der Waals surface area contributed by atoms with Crippen LogP contribution in [-0.4, -0.2) is 27.7 Å². The summed E-state index contributed by atoms with van der Waals surface area (Å²) in [4.78, 5) is 13.0. The molecule has 0 atom stereocenters. The standard InChI is InChI=1S/C23H23F3N2O2/c24-23(25,26)17-7-5-6-16(12-17)13-28-14-19(18-8-1-2-9-20(18)28)21(30)27-22(15-29)10-3-4-11-22/h1-2,5-9,12,14,29H,3-4,10-11,13,15H2,(H,27,30). The van der Waals surface area contributed by atoms with E-state index in [1.54, 1.807) is 16.8 Å². The molecule has 4 rings (SSSR count). The lowest BCUT2D eigenvalue weighted by Crippen LogP contribution is -2.49. The molecule has 1 heterocycles. The predicted octanol–water partition coefficient (Wildman–Crippen LogP) is 4.74. The number of nitrogens with one attached hydrogen (secondary N) is 1. The fraction of sp³-hybridized carbons (Fsp3) is 0.348. The van der Waals surface area contributed by atoms with Gasteiger partial charge < -0.3 is 15.0 Å². The van der Waals surface area contributed by atoms with Gasteiger partial charge in [0.25, 0.3) is 5.91 Å². The molecule has 0 radical (unpaired) electrons. The largest absolute Gasteiger partial charge is 0.416 e. The van der Waals surface area contributed by atoms with Gasteiger partial charge in [-0.3, -0.25) is 4.79 Å². The molecule has 0 aliphatic heterocycles. The summed E-state index contributed by atoms with van der Waals surface area (Å²) in [5, 5.41) is 13.5. The molecule has 3 aromatic rings. The van der Waals surface area contributed by atoms with Crippen molar-refractivity contribution in [3.63, 3.8) is 0 Å². The van der Waals surface area contributed by atoms with E-state index in [2.05, 4.69) is 5.32 Å². The molecule has 2 N–H and O–H groups in total. The van der Waals surface area contributed by atoms with Gasteiger partial charge in [-0.15, -0.1) is 0 Å². The van der Waals surface area contributed by atoms with Crippen molar-refractivity contribution in [1.82, 2.24) is 9.88 Å². The average Bonchev–Trinajstić information content (AvgIpc) is 3.33. The maximum absolute atomic E-state index is 13.1. The highest BCUT2D eigenvalue weighted by Gasteiger charge is 2.35. The van der Waals surface area contributed by atoms with Crippen molar-refractivity contribution in [2.24, 2.45) is 0 Å². The molecule has 1 aliphatic carbocycles. The van der Waals surface area contributed by atoms with E-state index >= 15 is 0 Å². The Morgan fingerprint density at radius 3 is 2.53 bits per heavy atom. The van der Waals surface area contributed by atoms with E-state index in [0.29, 0.717) is 11.1 Å². The van der Waals surface area contributed by atoms with Gasteiger partial charge in [0.2, 0.25) is 0 Å². The summed E-state index contributed by atoms with van der Waals surface area (Å²) >= 11 is 0. The van der Waals surface area contributed by atoms with Gasteiger partial charge in [0.1, 0.15) is 0 Å². The van der Waals surface area contributed by atoms with Gasteiger partial charge in [-0.05, 0) is 36.6 Å². The van der Waals surface area contributed by atoms with Gasteiger partial charge in [-0.25, -0.2) is 0 Å². The number of fused-ring (bicyclic) bond motifs is 1. The zero-order chi connectivity index (χ0) is 21.4. The van der Waals surface area contributed by atoms with E-state index in [-0.39, 0.29) is 19.1 Å². The number of amides is 1. The minimum absolute atomic E-state index is 0.110. The highest BCUT2D eigenvalue weighted by Crippen LogP contribution is 2.32. The summed E-state index contributed by atoms with van der Waals surface area (Å²) in [5.41, 5.74) is 0.434. The van der Waals surface area contributed by atoms with Crippen LogP contribution in [0.3, 0.4) is 0 Å². The first-order chi connectivity index (χ1) is 14.3. The lowest BCUT2D eigenvalue weighted by molar-refractivity contribution is -0.137. The summed E-state index contributed by atoms with van der Waals surface area (Å²) in [6, 6.07) is 12.5. The van der Waals surface area contributed by atoms with E-state index in [4.69, 9.17) is 0 Å². The summed E-state index contributed by atoms with van der Waals surface area (Å²) in [5.74, 6) is -0.273. The van der Waals surface area contributed by atoms with E-state index < -0.39 is 17.3 Å². The van der Waals surface area contributed by atoms with Gasteiger partial charge in [0.15, 0.2) is 0 Å². The van der Waals surface area contributed by atoms with Crippen LogP contribution in [0.5, 0.6) is 0 Å². The van der Waals surface area contributed by atoms with Crippen molar-refractivity contribution in [2.75, 3.05) is 6.61 Å². The quantitative estimate of drug-likeness (QED) is 0.631. The first-order valence-electron chi connectivity index (χ1n) is 9.99.